The predicted molar refractivity (Wildman–Crippen MR) is 67.0 cm³/mol. The molecule has 0 bridgehead atoms. The van der Waals surface area contributed by atoms with Crippen LogP contribution < -0.4 is 5.32 Å². The first-order valence-electron chi connectivity index (χ1n) is 5.64. The van der Waals surface area contributed by atoms with Gasteiger partial charge in [0, 0.05) is 16.2 Å². The molecule has 1 heterocycles. The molecule has 0 amide bonds. The Bertz CT molecular complexity index is 315. The molecule has 1 aliphatic carbocycles. The Hall–Kier alpha value is -0.570. The van der Waals surface area contributed by atoms with Crippen molar-refractivity contribution in [2.45, 2.75) is 44.6 Å². The lowest BCUT2D eigenvalue weighted by molar-refractivity contribution is 0.463. The standard InChI is InChI=1S/C12H17BrN2/c1-2-12(7-3-4-8-12)15-11-6-5-10(13)9-14-11/h5-6,9H,2-4,7-8H2,1H3,(H,14,15). The van der Waals surface area contributed by atoms with Gasteiger partial charge in [-0.1, -0.05) is 19.8 Å². The molecule has 0 radical (unpaired) electrons. The maximum Gasteiger partial charge on any atom is 0.126 e. The van der Waals surface area contributed by atoms with Gasteiger partial charge in [-0.3, -0.25) is 0 Å². The number of halogens is 1. The number of anilines is 1. The number of hydrogen-bond donors (Lipinski definition) is 1. The summed E-state index contributed by atoms with van der Waals surface area (Å²) in [5.74, 6) is 1.00. The second-order valence-corrected chi connectivity index (χ2v) is 5.24. The molecule has 2 rings (SSSR count). The van der Waals surface area contributed by atoms with Gasteiger partial charge in [-0.2, -0.15) is 0 Å². The fourth-order valence-electron chi connectivity index (χ4n) is 2.34. The van der Waals surface area contributed by atoms with Gasteiger partial charge in [0.05, 0.1) is 0 Å². The molecule has 0 saturated heterocycles. The molecule has 2 nitrogen and oxygen atoms in total. The molecule has 1 saturated carbocycles. The van der Waals surface area contributed by atoms with Gasteiger partial charge in [-0.25, -0.2) is 4.98 Å². The molecule has 0 unspecified atom stereocenters. The number of nitrogens with zero attached hydrogens (tertiary/aromatic N) is 1. The minimum atomic E-state index is 0.306. The van der Waals surface area contributed by atoms with Crippen LogP contribution in [-0.4, -0.2) is 10.5 Å². The zero-order valence-electron chi connectivity index (χ0n) is 9.09. The first kappa shape index (κ1) is 10.9. The van der Waals surface area contributed by atoms with Crippen LogP contribution in [0.2, 0.25) is 0 Å². The Morgan fingerprint density at radius 3 is 2.67 bits per heavy atom. The highest BCUT2D eigenvalue weighted by molar-refractivity contribution is 9.10. The summed E-state index contributed by atoms with van der Waals surface area (Å²) in [7, 11) is 0. The number of nitrogens with one attached hydrogen (secondary N) is 1. The summed E-state index contributed by atoms with van der Waals surface area (Å²) in [4.78, 5) is 4.38. The van der Waals surface area contributed by atoms with Gasteiger partial charge in [-0.15, -0.1) is 0 Å². The largest absolute Gasteiger partial charge is 0.365 e. The summed E-state index contributed by atoms with van der Waals surface area (Å²) in [6.45, 7) is 2.26. The van der Waals surface area contributed by atoms with Crippen LogP contribution >= 0.6 is 15.9 Å². The predicted octanol–water partition coefficient (Wildman–Crippen LogP) is 3.98. The third kappa shape index (κ3) is 2.51. The minimum Gasteiger partial charge on any atom is -0.365 e. The van der Waals surface area contributed by atoms with Gasteiger partial charge in [0.1, 0.15) is 5.82 Å². The van der Waals surface area contributed by atoms with E-state index in [-0.39, 0.29) is 0 Å². The summed E-state index contributed by atoms with van der Waals surface area (Å²) in [6, 6.07) is 4.08. The molecule has 3 heteroatoms. The second-order valence-electron chi connectivity index (χ2n) is 4.33. The van der Waals surface area contributed by atoms with Crippen molar-refractivity contribution in [2.75, 3.05) is 5.32 Å². The van der Waals surface area contributed by atoms with Gasteiger partial charge in [0.2, 0.25) is 0 Å². The molecule has 82 valence electrons. The topological polar surface area (TPSA) is 24.9 Å². The van der Waals surface area contributed by atoms with Crippen LogP contribution in [0.1, 0.15) is 39.0 Å². The highest BCUT2D eigenvalue weighted by atomic mass is 79.9. The molecule has 0 atom stereocenters. The number of hydrogen-bond acceptors (Lipinski definition) is 2. The molecule has 1 aromatic heterocycles. The van der Waals surface area contributed by atoms with Crippen LogP contribution in [0.4, 0.5) is 5.82 Å². The average molecular weight is 269 g/mol. The maximum absolute atomic E-state index is 4.38. The number of aromatic nitrogens is 1. The highest BCUT2D eigenvalue weighted by Gasteiger charge is 2.31. The molecule has 1 aliphatic rings. The normalized spacial score (nSPS) is 19.1. The van der Waals surface area contributed by atoms with Crippen molar-refractivity contribution in [3.05, 3.63) is 22.8 Å². The van der Waals surface area contributed by atoms with E-state index in [0.29, 0.717) is 5.54 Å². The maximum atomic E-state index is 4.38. The molecule has 1 N–H and O–H groups in total. The average Bonchev–Trinajstić information content (AvgIpc) is 2.71. The fraction of sp³-hybridized carbons (Fsp3) is 0.583. The minimum absolute atomic E-state index is 0.306. The van der Waals surface area contributed by atoms with Crippen molar-refractivity contribution in [3.8, 4) is 0 Å². The Labute approximate surface area is 99.6 Å². The van der Waals surface area contributed by atoms with E-state index in [1.54, 1.807) is 0 Å². The molecule has 0 aromatic carbocycles. The summed E-state index contributed by atoms with van der Waals surface area (Å²) in [5, 5.41) is 3.60. The zero-order chi connectivity index (χ0) is 10.7. The van der Waals surface area contributed by atoms with E-state index in [9.17, 15) is 0 Å². The van der Waals surface area contributed by atoms with Crippen LogP contribution in [0.15, 0.2) is 22.8 Å². The summed E-state index contributed by atoms with van der Waals surface area (Å²) < 4.78 is 1.03. The molecule has 0 spiro atoms. The van der Waals surface area contributed by atoms with Crippen molar-refractivity contribution < 1.29 is 0 Å². The fourth-order valence-corrected chi connectivity index (χ4v) is 2.57. The van der Waals surface area contributed by atoms with Crippen molar-refractivity contribution in [1.82, 2.24) is 4.98 Å². The lowest BCUT2D eigenvalue weighted by Gasteiger charge is -2.29. The molecule has 15 heavy (non-hydrogen) atoms. The lowest BCUT2D eigenvalue weighted by Crippen LogP contribution is -2.34. The second kappa shape index (κ2) is 4.52. The van der Waals surface area contributed by atoms with Gasteiger partial charge < -0.3 is 5.32 Å². The van der Waals surface area contributed by atoms with Crippen LogP contribution in [0.25, 0.3) is 0 Å². The third-order valence-corrected chi connectivity index (χ3v) is 3.83. The van der Waals surface area contributed by atoms with Crippen molar-refractivity contribution in [1.29, 1.82) is 0 Å². The summed E-state index contributed by atoms with van der Waals surface area (Å²) >= 11 is 3.40. The lowest BCUT2D eigenvalue weighted by atomic mass is 9.94. The quantitative estimate of drug-likeness (QED) is 0.897. The van der Waals surface area contributed by atoms with E-state index < -0.39 is 0 Å². The van der Waals surface area contributed by atoms with E-state index >= 15 is 0 Å². The van der Waals surface area contributed by atoms with Gasteiger partial charge in [0.15, 0.2) is 0 Å². The van der Waals surface area contributed by atoms with Crippen molar-refractivity contribution in [3.63, 3.8) is 0 Å². The van der Waals surface area contributed by atoms with Gasteiger partial charge in [0.25, 0.3) is 0 Å². The third-order valence-electron chi connectivity index (χ3n) is 3.36. The Kier molecular flexibility index (Phi) is 3.29. The van der Waals surface area contributed by atoms with E-state index in [1.165, 1.54) is 32.1 Å². The smallest absolute Gasteiger partial charge is 0.126 e. The number of rotatable bonds is 3. The van der Waals surface area contributed by atoms with Gasteiger partial charge >= 0.3 is 0 Å². The Morgan fingerprint density at radius 2 is 2.13 bits per heavy atom. The zero-order valence-corrected chi connectivity index (χ0v) is 10.7. The summed E-state index contributed by atoms with van der Waals surface area (Å²) in [6.07, 6.45) is 8.28. The first-order chi connectivity index (χ1) is 7.24. The van der Waals surface area contributed by atoms with E-state index in [0.717, 1.165) is 10.3 Å². The Morgan fingerprint density at radius 1 is 1.40 bits per heavy atom. The number of pyridine rings is 1. The molecule has 0 aliphatic heterocycles. The van der Waals surface area contributed by atoms with Crippen LogP contribution in [0.3, 0.4) is 0 Å². The SMILES string of the molecule is CCC1(Nc2ccc(Br)cn2)CCCC1. The highest BCUT2D eigenvalue weighted by Crippen LogP contribution is 2.35. The Balaban J connectivity index is 2.09. The van der Waals surface area contributed by atoms with Crippen molar-refractivity contribution >= 4 is 21.7 Å². The molecular formula is C12H17BrN2. The van der Waals surface area contributed by atoms with E-state index in [1.807, 2.05) is 18.3 Å². The van der Waals surface area contributed by atoms with E-state index in [2.05, 4.69) is 33.2 Å². The van der Waals surface area contributed by atoms with Crippen LogP contribution in [0.5, 0.6) is 0 Å². The molecule has 1 aromatic rings. The van der Waals surface area contributed by atoms with Crippen molar-refractivity contribution in [2.24, 2.45) is 0 Å². The first-order valence-corrected chi connectivity index (χ1v) is 6.43. The monoisotopic (exact) mass is 268 g/mol. The molecular weight excluding hydrogens is 252 g/mol. The van der Waals surface area contributed by atoms with Crippen LogP contribution in [0, 0.1) is 0 Å². The molecule has 1 fully saturated rings. The van der Waals surface area contributed by atoms with Crippen LogP contribution in [-0.2, 0) is 0 Å². The summed E-state index contributed by atoms with van der Waals surface area (Å²) in [5.41, 5.74) is 0.306. The van der Waals surface area contributed by atoms with Gasteiger partial charge in [-0.05, 0) is 47.3 Å². The van der Waals surface area contributed by atoms with E-state index in [4.69, 9.17) is 0 Å².